The van der Waals surface area contributed by atoms with Gasteiger partial charge in [0.25, 0.3) is 0 Å². The summed E-state index contributed by atoms with van der Waals surface area (Å²) < 4.78 is 53.9. The number of hydrogen-bond donors (Lipinski definition) is 3. The molecule has 0 bridgehead atoms. The number of aliphatic imine (C=N–C) groups is 1. The van der Waals surface area contributed by atoms with Crippen LogP contribution in [-0.2, 0) is 11.3 Å². The Morgan fingerprint density at radius 1 is 1.03 bits per heavy atom. The zero-order valence-electron chi connectivity index (χ0n) is 15.5. The van der Waals surface area contributed by atoms with Crippen molar-refractivity contribution >= 4 is 17.6 Å². The molecule has 0 unspecified atom stereocenters. The molecule has 0 heterocycles. The van der Waals surface area contributed by atoms with Crippen LogP contribution in [0.5, 0.6) is 5.75 Å². The predicted molar refractivity (Wildman–Crippen MR) is 101 cm³/mol. The average Bonchev–Trinajstić information content (AvgIpc) is 2.68. The van der Waals surface area contributed by atoms with Gasteiger partial charge in [0.2, 0.25) is 5.91 Å². The Hall–Kier alpha value is -3.30. The van der Waals surface area contributed by atoms with Crippen molar-refractivity contribution in [3.63, 3.8) is 0 Å². The van der Waals surface area contributed by atoms with E-state index in [0.29, 0.717) is 18.2 Å². The molecular weight excluding hydrogens is 392 g/mol. The number of guanidine groups is 1. The number of carbonyl (C=O) groups is 1. The largest absolute Gasteiger partial charge is 0.484 e. The van der Waals surface area contributed by atoms with Crippen LogP contribution in [0.2, 0.25) is 0 Å². The number of halogens is 4. The van der Waals surface area contributed by atoms with Crippen molar-refractivity contribution in [2.24, 2.45) is 4.99 Å². The van der Waals surface area contributed by atoms with Crippen LogP contribution in [0.1, 0.15) is 5.56 Å². The third-order valence-electron chi connectivity index (χ3n) is 3.55. The first-order chi connectivity index (χ1) is 13.7. The first kappa shape index (κ1) is 22.0. The number of ether oxygens (including phenoxy) is 1. The Kier molecular flexibility index (Phi) is 7.81. The van der Waals surface area contributed by atoms with Crippen molar-refractivity contribution in [2.45, 2.75) is 12.7 Å². The van der Waals surface area contributed by atoms with E-state index >= 15 is 0 Å². The molecule has 29 heavy (non-hydrogen) atoms. The highest BCUT2D eigenvalue weighted by Crippen LogP contribution is 2.18. The van der Waals surface area contributed by atoms with E-state index in [0.717, 1.165) is 5.56 Å². The lowest BCUT2D eigenvalue weighted by atomic mass is 10.2. The Balaban J connectivity index is 1.75. The number of carbonyl (C=O) groups excluding carboxylic acids is 1. The van der Waals surface area contributed by atoms with E-state index < -0.39 is 18.6 Å². The molecule has 0 aliphatic heterocycles. The van der Waals surface area contributed by atoms with Crippen LogP contribution >= 0.6 is 0 Å². The minimum atomic E-state index is -4.39. The highest BCUT2D eigenvalue weighted by molar-refractivity contribution is 5.94. The maximum Gasteiger partial charge on any atom is 0.422 e. The molecule has 0 aromatic heterocycles. The van der Waals surface area contributed by atoms with Crippen LogP contribution in [-0.4, -0.2) is 38.2 Å². The van der Waals surface area contributed by atoms with E-state index in [1.165, 1.54) is 43.4 Å². The summed E-state index contributed by atoms with van der Waals surface area (Å²) in [6, 6.07) is 11.5. The smallest absolute Gasteiger partial charge is 0.422 e. The molecule has 0 saturated carbocycles. The first-order valence-corrected chi connectivity index (χ1v) is 8.53. The lowest BCUT2D eigenvalue weighted by Gasteiger charge is -2.13. The molecule has 6 nitrogen and oxygen atoms in total. The lowest BCUT2D eigenvalue weighted by molar-refractivity contribution is -0.153. The Morgan fingerprint density at radius 3 is 2.28 bits per heavy atom. The van der Waals surface area contributed by atoms with E-state index in [1.54, 1.807) is 12.1 Å². The zero-order chi connectivity index (χ0) is 21.3. The van der Waals surface area contributed by atoms with Crippen molar-refractivity contribution in [1.82, 2.24) is 10.6 Å². The summed E-state index contributed by atoms with van der Waals surface area (Å²) in [7, 11) is 1.53. The highest BCUT2D eigenvalue weighted by Gasteiger charge is 2.28. The molecule has 0 aliphatic carbocycles. The molecule has 3 N–H and O–H groups in total. The van der Waals surface area contributed by atoms with Crippen molar-refractivity contribution in [3.8, 4) is 5.75 Å². The fourth-order valence-electron chi connectivity index (χ4n) is 2.18. The molecule has 10 heteroatoms. The summed E-state index contributed by atoms with van der Waals surface area (Å²) in [5.74, 6) is -0.265. The van der Waals surface area contributed by atoms with Crippen molar-refractivity contribution in [2.75, 3.05) is 25.5 Å². The predicted octanol–water partition coefficient (Wildman–Crippen LogP) is 3.07. The van der Waals surface area contributed by atoms with Gasteiger partial charge in [-0.25, -0.2) is 4.39 Å². The van der Waals surface area contributed by atoms with E-state index in [1.807, 2.05) is 0 Å². The van der Waals surface area contributed by atoms with Crippen molar-refractivity contribution < 1.29 is 27.1 Å². The van der Waals surface area contributed by atoms with Gasteiger partial charge in [-0.2, -0.15) is 13.2 Å². The maximum absolute atomic E-state index is 12.9. The standard InChI is InChI=1S/C19H20F4N4O2/c1-24-18(26-11-17(28)27-15-6-4-14(20)5-7-15)25-10-13-2-8-16(9-3-13)29-12-19(21,22)23/h2-9H,10-12H2,1H3,(H,27,28)(H2,24,25,26). The summed E-state index contributed by atoms with van der Waals surface area (Å²) >= 11 is 0. The van der Waals surface area contributed by atoms with Gasteiger partial charge < -0.3 is 20.7 Å². The second kappa shape index (κ2) is 10.3. The van der Waals surface area contributed by atoms with E-state index in [9.17, 15) is 22.4 Å². The van der Waals surface area contributed by atoms with Gasteiger partial charge in [0.1, 0.15) is 11.6 Å². The molecular formula is C19H20F4N4O2. The highest BCUT2D eigenvalue weighted by atomic mass is 19.4. The van der Waals surface area contributed by atoms with Gasteiger partial charge in [0.05, 0.1) is 6.54 Å². The van der Waals surface area contributed by atoms with Gasteiger partial charge in [-0.15, -0.1) is 0 Å². The topological polar surface area (TPSA) is 74.8 Å². The number of anilines is 1. The van der Waals surface area contributed by atoms with Crippen LogP contribution in [0.3, 0.4) is 0 Å². The van der Waals surface area contributed by atoms with Gasteiger partial charge in [-0.1, -0.05) is 12.1 Å². The second-order valence-electron chi connectivity index (χ2n) is 5.88. The molecule has 2 aromatic rings. The van der Waals surface area contributed by atoms with Crippen LogP contribution < -0.4 is 20.7 Å². The molecule has 156 valence electrons. The number of alkyl halides is 3. The third-order valence-corrected chi connectivity index (χ3v) is 3.55. The number of rotatable bonds is 7. The Morgan fingerprint density at radius 2 is 1.69 bits per heavy atom. The quantitative estimate of drug-likeness (QED) is 0.371. The first-order valence-electron chi connectivity index (χ1n) is 8.53. The summed E-state index contributed by atoms with van der Waals surface area (Å²) in [4.78, 5) is 15.9. The van der Waals surface area contributed by atoms with Crippen LogP contribution in [0, 0.1) is 5.82 Å². The van der Waals surface area contributed by atoms with Crippen LogP contribution in [0.25, 0.3) is 0 Å². The SMILES string of the molecule is CN=C(NCC(=O)Nc1ccc(F)cc1)NCc1ccc(OCC(F)(F)F)cc1. The van der Waals surface area contributed by atoms with Crippen molar-refractivity contribution in [1.29, 1.82) is 0 Å². The summed E-state index contributed by atoms with van der Waals surface area (Å²) in [5.41, 5.74) is 1.25. The monoisotopic (exact) mass is 412 g/mol. The van der Waals surface area contributed by atoms with Gasteiger partial charge in [-0.05, 0) is 42.0 Å². The summed E-state index contributed by atoms with van der Waals surface area (Å²) in [5, 5.41) is 8.41. The third kappa shape index (κ3) is 8.50. The summed E-state index contributed by atoms with van der Waals surface area (Å²) in [6.45, 7) is -1.08. The number of nitrogens with one attached hydrogen (secondary N) is 3. The number of nitrogens with zero attached hydrogens (tertiary/aromatic N) is 1. The Labute approximate surface area is 165 Å². The zero-order valence-corrected chi connectivity index (χ0v) is 15.5. The van der Waals surface area contributed by atoms with E-state index in [-0.39, 0.29) is 18.2 Å². The van der Waals surface area contributed by atoms with Gasteiger partial charge >= 0.3 is 6.18 Å². The number of amides is 1. The lowest BCUT2D eigenvalue weighted by Crippen LogP contribution is -2.41. The molecule has 0 atom stereocenters. The van der Waals surface area contributed by atoms with Gasteiger partial charge in [0.15, 0.2) is 12.6 Å². The number of benzene rings is 2. The summed E-state index contributed by atoms with van der Waals surface area (Å²) in [6.07, 6.45) is -4.39. The fraction of sp³-hybridized carbons (Fsp3) is 0.263. The molecule has 2 aromatic carbocycles. The average molecular weight is 412 g/mol. The Bertz CT molecular complexity index is 822. The van der Waals surface area contributed by atoms with E-state index in [2.05, 4.69) is 25.7 Å². The second-order valence-corrected chi connectivity index (χ2v) is 5.88. The molecule has 0 aliphatic rings. The fourth-order valence-corrected chi connectivity index (χ4v) is 2.18. The van der Waals surface area contributed by atoms with Crippen molar-refractivity contribution in [3.05, 3.63) is 59.9 Å². The molecule has 0 fully saturated rings. The van der Waals surface area contributed by atoms with Crippen LogP contribution in [0.4, 0.5) is 23.2 Å². The van der Waals surface area contributed by atoms with E-state index in [4.69, 9.17) is 0 Å². The van der Waals surface area contributed by atoms with Gasteiger partial charge in [-0.3, -0.25) is 9.79 Å². The minimum absolute atomic E-state index is 0.0682. The molecule has 2 rings (SSSR count). The molecule has 0 radical (unpaired) electrons. The molecule has 1 amide bonds. The molecule has 0 spiro atoms. The normalized spacial score (nSPS) is 11.7. The van der Waals surface area contributed by atoms with Gasteiger partial charge in [0, 0.05) is 19.3 Å². The van der Waals surface area contributed by atoms with Crippen LogP contribution in [0.15, 0.2) is 53.5 Å². The minimum Gasteiger partial charge on any atom is -0.484 e. The molecule has 0 saturated heterocycles. The maximum atomic E-state index is 12.9. The number of hydrogen-bond acceptors (Lipinski definition) is 3.